The van der Waals surface area contributed by atoms with Crippen molar-refractivity contribution in [3.63, 3.8) is 0 Å². The number of nitrogens with one attached hydrogen (secondary N) is 1. The van der Waals surface area contributed by atoms with Crippen molar-refractivity contribution in [3.05, 3.63) is 53.6 Å². The van der Waals surface area contributed by atoms with E-state index in [-0.39, 0.29) is 18.2 Å². The fourth-order valence-electron chi connectivity index (χ4n) is 2.68. The number of carbonyl (C=O) groups excluding carboxylic acids is 2. The third-order valence-electron chi connectivity index (χ3n) is 3.89. The average molecular weight is 356 g/mol. The molecule has 0 saturated carbocycles. The molecule has 1 amide bonds. The van der Waals surface area contributed by atoms with Gasteiger partial charge in [-0.3, -0.25) is 14.5 Å². The number of ether oxygens (including phenoxy) is 2. The summed E-state index contributed by atoms with van der Waals surface area (Å²) >= 11 is 0. The number of benzene rings is 2. The molecular weight excluding hydrogens is 332 g/mol. The van der Waals surface area contributed by atoms with Crippen LogP contribution in [-0.2, 0) is 11.3 Å². The van der Waals surface area contributed by atoms with Gasteiger partial charge in [-0.05, 0) is 43.8 Å². The number of Topliss-reactive ketones (excluding diaryl/α,β-unsaturated/α-hetero) is 1. The molecular formula is C20H24N2O4. The molecule has 0 spiro atoms. The molecule has 6 heteroatoms. The van der Waals surface area contributed by atoms with Crippen molar-refractivity contribution in [2.45, 2.75) is 13.5 Å². The zero-order chi connectivity index (χ0) is 19.1. The highest BCUT2D eigenvalue weighted by Crippen LogP contribution is 2.27. The summed E-state index contributed by atoms with van der Waals surface area (Å²) in [6.45, 7) is 2.25. The van der Waals surface area contributed by atoms with Crippen LogP contribution < -0.4 is 14.8 Å². The first-order valence-electron chi connectivity index (χ1n) is 8.24. The highest BCUT2D eigenvalue weighted by molar-refractivity contribution is 6.04. The molecule has 0 aliphatic rings. The van der Waals surface area contributed by atoms with Gasteiger partial charge < -0.3 is 14.8 Å². The van der Waals surface area contributed by atoms with E-state index in [1.54, 1.807) is 38.5 Å². The predicted molar refractivity (Wildman–Crippen MR) is 101 cm³/mol. The SMILES string of the molecule is COc1ccc(CN(C)CC(=O)Nc2ccccc2C(C)=O)cc1OC. The summed E-state index contributed by atoms with van der Waals surface area (Å²) in [5, 5.41) is 2.80. The fourth-order valence-corrected chi connectivity index (χ4v) is 2.68. The molecule has 0 aliphatic carbocycles. The molecule has 0 saturated heterocycles. The van der Waals surface area contributed by atoms with Crippen LogP contribution in [0.4, 0.5) is 5.69 Å². The summed E-state index contributed by atoms with van der Waals surface area (Å²) in [7, 11) is 5.03. The zero-order valence-corrected chi connectivity index (χ0v) is 15.5. The van der Waals surface area contributed by atoms with Gasteiger partial charge in [0.1, 0.15) is 0 Å². The number of carbonyl (C=O) groups is 2. The summed E-state index contributed by atoms with van der Waals surface area (Å²) < 4.78 is 10.5. The second-order valence-electron chi connectivity index (χ2n) is 6.01. The molecule has 0 radical (unpaired) electrons. The Morgan fingerprint density at radius 2 is 1.73 bits per heavy atom. The van der Waals surface area contributed by atoms with Crippen molar-refractivity contribution in [1.82, 2.24) is 4.90 Å². The van der Waals surface area contributed by atoms with Crippen LogP contribution in [0.15, 0.2) is 42.5 Å². The van der Waals surface area contributed by atoms with Crippen LogP contribution >= 0.6 is 0 Å². The summed E-state index contributed by atoms with van der Waals surface area (Å²) in [6.07, 6.45) is 0. The van der Waals surface area contributed by atoms with Crippen molar-refractivity contribution >= 4 is 17.4 Å². The fraction of sp³-hybridized carbons (Fsp3) is 0.300. The van der Waals surface area contributed by atoms with Crippen LogP contribution in [0.25, 0.3) is 0 Å². The average Bonchev–Trinajstić information content (AvgIpc) is 2.61. The summed E-state index contributed by atoms with van der Waals surface area (Å²) in [5.74, 6) is 1.05. The van der Waals surface area contributed by atoms with E-state index in [1.807, 2.05) is 30.1 Å². The Kier molecular flexibility index (Phi) is 6.74. The molecule has 2 aromatic carbocycles. The first-order valence-corrected chi connectivity index (χ1v) is 8.24. The number of methoxy groups -OCH3 is 2. The number of ketones is 1. The third kappa shape index (κ3) is 5.07. The monoisotopic (exact) mass is 356 g/mol. The van der Waals surface area contributed by atoms with E-state index in [9.17, 15) is 9.59 Å². The van der Waals surface area contributed by atoms with Gasteiger partial charge in [0.15, 0.2) is 17.3 Å². The molecule has 2 rings (SSSR count). The van der Waals surface area contributed by atoms with E-state index in [1.165, 1.54) is 6.92 Å². The maximum atomic E-state index is 12.3. The maximum Gasteiger partial charge on any atom is 0.238 e. The van der Waals surface area contributed by atoms with Crippen LogP contribution in [0.5, 0.6) is 11.5 Å². The van der Waals surface area contributed by atoms with E-state index in [2.05, 4.69) is 5.32 Å². The molecule has 0 bridgehead atoms. The first kappa shape index (κ1) is 19.5. The Labute approximate surface area is 153 Å². The Morgan fingerprint density at radius 3 is 2.38 bits per heavy atom. The van der Waals surface area contributed by atoms with Gasteiger partial charge in [-0.1, -0.05) is 18.2 Å². The molecule has 1 N–H and O–H groups in total. The molecule has 0 atom stereocenters. The molecule has 0 aromatic heterocycles. The number of anilines is 1. The summed E-state index contributed by atoms with van der Waals surface area (Å²) in [5.41, 5.74) is 2.04. The Morgan fingerprint density at radius 1 is 1.04 bits per heavy atom. The van der Waals surface area contributed by atoms with Gasteiger partial charge in [-0.2, -0.15) is 0 Å². The predicted octanol–water partition coefficient (Wildman–Crippen LogP) is 2.98. The first-order chi connectivity index (χ1) is 12.4. The number of para-hydroxylation sites is 1. The van der Waals surface area contributed by atoms with E-state index in [0.29, 0.717) is 29.3 Å². The summed E-state index contributed by atoms with van der Waals surface area (Å²) in [6, 6.07) is 12.6. The molecule has 2 aromatic rings. The lowest BCUT2D eigenvalue weighted by atomic mass is 10.1. The molecule has 0 aliphatic heterocycles. The van der Waals surface area contributed by atoms with Crippen LogP contribution in [0.2, 0.25) is 0 Å². The summed E-state index contributed by atoms with van der Waals surface area (Å²) in [4.78, 5) is 25.8. The Balaban J connectivity index is 1.99. The maximum absolute atomic E-state index is 12.3. The van der Waals surface area contributed by atoms with Crippen molar-refractivity contribution in [2.75, 3.05) is 33.1 Å². The van der Waals surface area contributed by atoms with Crippen molar-refractivity contribution in [2.24, 2.45) is 0 Å². The standard InChI is InChI=1S/C20H24N2O4/c1-14(23)16-7-5-6-8-17(16)21-20(24)13-22(2)12-15-9-10-18(25-3)19(11-15)26-4/h5-11H,12-13H2,1-4H3,(H,21,24). The topological polar surface area (TPSA) is 67.9 Å². The second-order valence-corrected chi connectivity index (χ2v) is 6.01. The van der Waals surface area contributed by atoms with E-state index >= 15 is 0 Å². The molecule has 0 fully saturated rings. The van der Waals surface area contributed by atoms with Crippen molar-refractivity contribution in [1.29, 1.82) is 0 Å². The van der Waals surface area contributed by atoms with Crippen molar-refractivity contribution < 1.29 is 19.1 Å². The van der Waals surface area contributed by atoms with Gasteiger partial charge in [0.05, 0.1) is 26.5 Å². The van der Waals surface area contributed by atoms with Crippen LogP contribution in [0.3, 0.4) is 0 Å². The quantitative estimate of drug-likeness (QED) is 0.737. The van der Waals surface area contributed by atoms with Gasteiger partial charge in [-0.25, -0.2) is 0 Å². The zero-order valence-electron chi connectivity index (χ0n) is 15.5. The van der Waals surface area contributed by atoms with Gasteiger partial charge in [-0.15, -0.1) is 0 Å². The van der Waals surface area contributed by atoms with Crippen molar-refractivity contribution in [3.8, 4) is 11.5 Å². The molecule has 0 heterocycles. The lowest BCUT2D eigenvalue weighted by molar-refractivity contribution is -0.117. The Hall–Kier alpha value is -2.86. The van der Waals surface area contributed by atoms with Gasteiger partial charge in [0.25, 0.3) is 0 Å². The number of hydrogen-bond donors (Lipinski definition) is 1. The van der Waals surface area contributed by atoms with E-state index in [0.717, 1.165) is 5.56 Å². The molecule has 0 unspecified atom stereocenters. The number of nitrogens with zero attached hydrogens (tertiary/aromatic N) is 1. The number of hydrogen-bond acceptors (Lipinski definition) is 5. The number of likely N-dealkylation sites (N-methyl/N-ethyl adjacent to an activating group) is 1. The second kappa shape index (κ2) is 9.01. The van der Waals surface area contributed by atoms with Gasteiger partial charge in [0.2, 0.25) is 5.91 Å². The number of rotatable bonds is 8. The smallest absolute Gasteiger partial charge is 0.238 e. The van der Waals surface area contributed by atoms with E-state index in [4.69, 9.17) is 9.47 Å². The Bertz CT molecular complexity index is 789. The van der Waals surface area contributed by atoms with Gasteiger partial charge in [0, 0.05) is 12.1 Å². The minimum absolute atomic E-state index is 0.0837. The van der Waals surface area contributed by atoms with E-state index < -0.39 is 0 Å². The molecule has 6 nitrogen and oxygen atoms in total. The highest BCUT2D eigenvalue weighted by atomic mass is 16.5. The third-order valence-corrected chi connectivity index (χ3v) is 3.89. The van der Waals surface area contributed by atoms with Gasteiger partial charge >= 0.3 is 0 Å². The molecule has 26 heavy (non-hydrogen) atoms. The lowest BCUT2D eigenvalue weighted by Crippen LogP contribution is -2.30. The van der Waals surface area contributed by atoms with Crippen LogP contribution in [-0.4, -0.2) is 44.4 Å². The van der Waals surface area contributed by atoms with Crippen LogP contribution in [0.1, 0.15) is 22.8 Å². The molecule has 138 valence electrons. The normalized spacial score (nSPS) is 10.5. The minimum atomic E-state index is -0.179. The number of amides is 1. The largest absolute Gasteiger partial charge is 0.493 e. The minimum Gasteiger partial charge on any atom is -0.493 e. The van der Waals surface area contributed by atoms with Crippen LogP contribution in [0, 0.1) is 0 Å². The highest BCUT2D eigenvalue weighted by Gasteiger charge is 2.12. The lowest BCUT2D eigenvalue weighted by Gasteiger charge is -2.18.